The molecule has 0 aliphatic rings. The molecule has 17 nitrogen and oxygen atoms in total. The summed E-state index contributed by atoms with van der Waals surface area (Å²) in [6.45, 7) is 7.31. The van der Waals surface area contributed by atoms with Gasteiger partial charge in [0, 0.05) is 25.7 Å². The number of rotatable bonds is 86. The highest BCUT2D eigenvalue weighted by atomic mass is 31.2. The van der Waals surface area contributed by atoms with Gasteiger partial charge in [-0.25, -0.2) is 9.13 Å². The lowest BCUT2D eigenvalue weighted by Gasteiger charge is -2.21. The number of ether oxygens (including phenoxy) is 4. The highest BCUT2D eigenvalue weighted by Gasteiger charge is 2.30. The Labute approximate surface area is 645 Å². The Morgan fingerprint density at radius 3 is 0.648 bits per heavy atom. The van der Waals surface area contributed by atoms with E-state index in [1.807, 2.05) is 0 Å². The zero-order valence-corrected chi connectivity index (χ0v) is 70.7. The minimum absolute atomic E-state index is 0.108. The van der Waals surface area contributed by atoms with Crippen LogP contribution in [0.15, 0.2) is 0 Å². The van der Waals surface area contributed by atoms with Crippen molar-refractivity contribution in [2.24, 2.45) is 5.92 Å². The lowest BCUT2D eigenvalue weighted by atomic mass is 10.0. The van der Waals surface area contributed by atoms with Crippen LogP contribution in [0, 0.1) is 5.92 Å². The summed E-state index contributed by atoms with van der Waals surface area (Å²) in [4.78, 5) is 72.9. The second-order valence-electron chi connectivity index (χ2n) is 31.4. The van der Waals surface area contributed by atoms with Gasteiger partial charge in [-0.3, -0.25) is 37.3 Å². The maximum Gasteiger partial charge on any atom is 0.472 e. The molecule has 0 saturated carbocycles. The third kappa shape index (κ3) is 79.9. The molecule has 0 aromatic rings. The summed E-state index contributed by atoms with van der Waals surface area (Å²) in [5.41, 5.74) is 0. The van der Waals surface area contributed by atoms with Crippen molar-refractivity contribution >= 4 is 39.5 Å². The predicted molar refractivity (Wildman–Crippen MR) is 432 cm³/mol. The van der Waals surface area contributed by atoms with E-state index < -0.39 is 97.5 Å². The van der Waals surface area contributed by atoms with Gasteiger partial charge >= 0.3 is 39.5 Å². The van der Waals surface area contributed by atoms with Gasteiger partial charge < -0.3 is 33.8 Å². The van der Waals surface area contributed by atoms with Crippen molar-refractivity contribution in [3.63, 3.8) is 0 Å². The average Bonchev–Trinajstić information content (AvgIpc) is 0.909. The Bertz CT molecular complexity index is 2000. The molecule has 0 fully saturated rings. The molecule has 105 heavy (non-hydrogen) atoms. The van der Waals surface area contributed by atoms with Crippen molar-refractivity contribution in [1.82, 2.24) is 0 Å². The van der Waals surface area contributed by atoms with E-state index in [9.17, 15) is 43.2 Å². The molecule has 0 saturated heterocycles. The second-order valence-corrected chi connectivity index (χ2v) is 34.3. The standard InChI is InChI=1S/C86H168O17P2/c1-6-9-12-15-17-19-21-23-25-27-29-31-35-39-43-47-51-55-60-65-70-84(89)97-76-82(103-86(91)72-67-62-57-53-49-45-41-37-33-32-34-38-42-46-50-54-59-63-68-79(4)5)78-101-105(94,95)99-74-80(87)73-98-104(92,93)100-77-81(75-96-83(88)69-64-58-14-11-8-3)102-85(90)71-66-61-56-52-48-44-40-36-30-28-26-24-22-20-18-16-13-10-7-2/h79-82,87H,6-78H2,1-5H3,(H,92,93)(H,94,95)/t80-,81+,82+/m0/s1. The molecule has 2 unspecified atom stereocenters. The van der Waals surface area contributed by atoms with Crippen LogP contribution in [0.5, 0.6) is 0 Å². The molecule has 3 N–H and O–H groups in total. The normalized spacial score (nSPS) is 13.8. The van der Waals surface area contributed by atoms with Crippen molar-refractivity contribution < 1.29 is 80.2 Å². The largest absolute Gasteiger partial charge is 0.472 e. The number of carbonyl (C=O) groups excluding carboxylic acids is 4. The molecular formula is C86H168O17P2. The summed E-state index contributed by atoms with van der Waals surface area (Å²) in [7, 11) is -9.92. The fourth-order valence-electron chi connectivity index (χ4n) is 13.5. The molecule has 0 aliphatic heterocycles. The van der Waals surface area contributed by atoms with E-state index in [-0.39, 0.29) is 25.7 Å². The molecular weight excluding hydrogens is 1370 g/mol. The van der Waals surface area contributed by atoms with E-state index in [4.69, 9.17) is 37.0 Å². The van der Waals surface area contributed by atoms with Gasteiger partial charge in [0.1, 0.15) is 19.3 Å². The summed E-state index contributed by atoms with van der Waals surface area (Å²) in [6, 6.07) is 0. The van der Waals surface area contributed by atoms with Gasteiger partial charge in [0.2, 0.25) is 0 Å². The third-order valence-corrected chi connectivity index (χ3v) is 22.2. The fourth-order valence-corrected chi connectivity index (χ4v) is 15.1. The number of hydrogen-bond donors (Lipinski definition) is 3. The van der Waals surface area contributed by atoms with Crippen LogP contribution in [0.2, 0.25) is 0 Å². The van der Waals surface area contributed by atoms with E-state index in [0.717, 1.165) is 102 Å². The Hall–Kier alpha value is -1.94. The molecule has 0 rings (SSSR count). The van der Waals surface area contributed by atoms with Gasteiger partial charge in [0.15, 0.2) is 12.2 Å². The van der Waals surface area contributed by atoms with Gasteiger partial charge in [-0.15, -0.1) is 0 Å². The molecule has 0 amide bonds. The Kier molecular flexibility index (Phi) is 77.3. The number of phosphoric ester groups is 2. The smallest absolute Gasteiger partial charge is 0.462 e. The van der Waals surface area contributed by atoms with Crippen LogP contribution >= 0.6 is 15.6 Å². The number of hydrogen-bond acceptors (Lipinski definition) is 15. The zero-order chi connectivity index (χ0) is 76.9. The molecule has 0 radical (unpaired) electrons. The monoisotopic (exact) mass is 1540 g/mol. The van der Waals surface area contributed by atoms with Crippen molar-refractivity contribution in [2.45, 2.75) is 483 Å². The molecule has 0 aromatic carbocycles. The van der Waals surface area contributed by atoms with Gasteiger partial charge in [-0.05, 0) is 31.6 Å². The van der Waals surface area contributed by atoms with Crippen molar-refractivity contribution in [3.8, 4) is 0 Å². The summed E-state index contributed by atoms with van der Waals surface area (Å²) in [6.07, 6.45) is 72.8. The fraction of sp³-hybridized carbons (Fsp3) is 0.953. The maximum atomic E-state index is 13.1. The van der Waals surface area contributed by atoms with Gasteiger partial charge in [0.05, 0.1) is 26.4 Å². The molecule has 0 aromatic heterocycles. The van der Waals surface area contributed by atoms with E-state index in [0.29, 0.717) is 25.7 Å². The van der Waals surface area contributed by atoms with Crippen LogP contribution in [0.25, 0.3) is 0 Å². The number of aliphatic hydroxyl groups excluding tert-OH is 1. The van der Waals surface area contributed by atoms with Crippen LogP contribution in [0.1, 0.15) is 465 Å². The van der Waals surface area contributed by atoms with E-state index in [1.54, 1.807) is 0 Å². The van der Waals surface area contributed by atoms with Gasteiger partial charge in [-0.1, -0.05) is 413 Å². The summed E-state index contributed by atoms with van der Waals surface area (Å²) in [5.74, 6) is -1.29. The Morgan fingerprint density at radius 1 is 0.257 bits per heavy atom. The molecule has 19 heteroatoms. The number of unbranched alkanes of at least 4 members (excludes halogenated alkanes) is 58. The van der Waals surface area contributed by atoms with E-state index in [1.165, 1.54) is 283 Å². The van der Waals surface area contributed by atoms with Crippen LogP contribution in [0.4, 0.5) is 0 Å². The number of carbonyl (C=O) groups is 4. The summed E-state index contributed by atoms with van der Waals surface area (Å²) >= 11 is 0. The second kappa shape index (κ2) is 78.7. The van der Waals surface area contributed by atoms with E-state index >= 15 is 0 Å². The first kappa shape index (κ1) is 103. The lowest BCUT2D eigenvalue weighted by Crippen LogP contribution is -2.30. The molecule has 0 bridgehead atoms. The molecule has 5 atom stereocenters. The predicted octanol–water partition coefficient (Wildman–Crippen LogP) is 26.4. The third-order valence-electron chi connectivity index (χ3n) is 20.3. The minimum atomic E-state index is -4.96. The number of aliphatic hydroxyl groups is 1. The number of esters is 4. The zero-order valence-electron chi connectivity index (χ0n) is 68.9. The van der Waals surface area contributed by atoms with Crippen molar-refractivity contribution in [2.75, 3.05) is 39.6 Å². The first-order valence-corrected chi connectivity index (χ1v) is 47.6. The van der Waals surface area contributed by atoms with Crippen molar-refractivity contribution in [3.05, 3.63) is 0 Å². The van der Waals surface area contributed by atoms with Crippen LogP contribution in [-0.4, -0.2) is 96.7 Å². The molecule has 0 spiro atoms. The topological polar surface area (TPSA) is 237 Å². The first-order chi connectivity index (χ1) is 51.0. The quantitative estimate of drug-likeness (QED) is 0.0222. The average molecular weight is 1540 g/mol. The van der Waals surface area contributed by atoms with Crippen LogP contribution < -0.4 is 0 Å². The van der Waals surface area contributed by atoms with Gasteiger partial charge in [-0.2, -0.15) is 0 Å². The summed E-state index contributed by atoms with van der Waals surface area (Å²) in [5, 5.41) is 10.6. The first-order valence-electron chi connectivity index (χ1n) is 44.6. The maximum absolute atomic E-state index is 13.1. The van der Waals surface area contributed by atoms with E-state index in [2.05, 4.69) is 34.6 Å². The number of phosphoric acid groups is 2. The van der Waals surface area contributed by atoms with Crippen LogP contribution in [0.3, 0.4) is 0 Å². The molecule has 624 valence electrons. The SMILES string of the molecule is CCCCCCCCCCCCCCCCCCCCCCC(=O)OC[C@H](COP(=O)(O)OC[C@@H](O)COP(=O)(O)OC[C@@H](COC(=O)CCCCCCC)OC(=O)CCCCCCCCCCCCCCCCCCCCC)OC(=O)CCCCCCCCCCCCCCCCCCCCC(C)C. The molecule has 0 aliphatic carbocycles. The minimum Gasteiger partial charge on any atom is -0.462 e. The summed E-state index contributed by atoms with van der Waals surface area (Å²) < 4.78 is 68.6. The van der Waals surface area contributed by atoms with Gasteiger partial charge in [0.25, 0.3) is 0 Å². The van der Waals surface area contributed by atoms with Crippen LogP contribution in [-0.2, 0) is 65.4 Å². The lowest BCUT2D eigenvalue weighted by molar-refractivity contribution is -0.161. The molecule has 0 heterocycles. The Morgan fingerprint density at radius 2 is 0.438 bits per heavy atom. The van der Waals surface area contributed by atoms with Crippen molar-refractivity contribution in [1.29, 1.82) is 0 Å². The highest BCUT2D eigenvalue weighted by Crippen LogP contribution is 2.45. The highest BCUT2D eigenvalue weighted by molar-refractivity contribution is 7.47. The Balaban J connectivity index is 5.09.